The summed E-state index contributed by atoms with van der Waals surface area (Å²) in [5.41, 5.74) is 5.32. The van der Waals surface area contributed by atoms with Gasteiger partial charge in [0.2, 0.25) is 0 Å². The number of hydrogen-bond donors (Lipinski definition) is 2. The van der Waals surface area contributed by atoms with Gasteiger partial charge in [0.15, 0.2) is 0 Å². The number of amidine groups is 1. The minimum absolute atomic E-state index is 0.0783. The van der Waals surface area contributed by atoms with E-state index in [1.807, 2.05) is 24.4 Å². The van der Waals surface area contributed by atoms with E-state index in [2.05, 4.69) is 0 Å². The van der Waals surface area contributed by atoms with Crippen LogP contribution in [0.1, 0.15) is 24.6 Å². The topological polar surface area (TPSA) is 59.1 Å². The Bertz CT molecular complexity index is 272. The molecule has 1 aromatic rings. The fourth-order valence-electron chi connectivity index (χ4n) is 1.16. The van der Waals surface area contributed by atoms with Crippen molar-refractivity contribution < 1.29 is 4.74 Å². The third kappa shape index (κ3) is 3.89. The van der Waals surface area contributed by atoms with Crippen LogP contribution in [0.5, 0.6) is 0 Å². The van der Waals surface area contributed by atoms with Crippen molar-refractivity contribution in [2.75, 3.05) is 0 Å². The van der Waals surface area contributed by atoms with Gasteiger partial charge in [0.1, 0.15) is 0 Å². The summed E-state index contributed by atoms with van der Waals surface area (Å²) < 4.78 is 5.64. The van der Waals surface area contributed by atoms with Crippen LogP contribution in [0, 0.1) is 5.41 Å². The van der Waals surface area contributed by atoms with E-state index in [0.717, 1.165) is 6.42 Å². The molecule has 0 spiro atoms. The number of hydrogen-bond acceptors (Lipinski definition) is 3. The van der Waals surface area contributed by atoms with E-state index in [0.29, 0.717) is 13.0 Å². The van der Waals surface area contributed by atoms with Crippen LogP contribution in [0.25, 0.3) is 0 Å². The van der Waals surface area contributed by atoms with Crippen LogP contribution in [0.2, 0.25) is 0 Å². The molecule has 0 amide bonds. The maximum absolute atomic E-state index is 7.18. The van der Waals surface area contributed by atoms with Gasteiger partial charge in [-0.1, -0.05) is 13.0 Å². The van der Waals surface area contributed by atoms with Gasteiger partial charge in [0, 0.05) is 11.3 Å². The van der Waals surface area contributed by atoms with Gasteiger partial charge in [-0.15, -0.1) is 11.3 Å². The van der Waals surface area contributed by atoms with Crippen molar-refractivity contribution in [1.29, 1.82) is 5.41 Å². The van der Waals surface area contributed by atoms with Crippen LogP contribution in [0.3, 0.4) is 0 Å². The van der Waals surface area contributed by atoms with Gasteiger partial charge < -0.3 is 10.5 Å². The highest BCUT2D eigenvalue weighted by Crippen LogP contribution is 2.13. The van der Waals surface area contributed by atoms with Crippen molar-refractivity contribution >= 4 is 17.2 Å². The first-order valence-corrected chi connectivity index (χ1v) is 5.57. The Hall–Kier alpha value is -0.870. The van der Waals surface area contributed by atoms with Crippen LogP contribution in [0.4, 0.5) is 0 Å². The van der Waals surface area contributed by atoms with Gasteiger partial charge in [-0.2, -0.15) is 0 Å². The molecule has 1 aromatic heterocycles. The lowest BCUT2D eigenvalue weighted by Crippen LogP contribution is -2.21. The molecule has 0 aliphatic rings. The summed E-state index contributed by atoms with van der Waals surface area (Å²) in [6.07, 6.45) is 1.50. The molecule has 0 aromatic carbocycles. The van der Waals surface area contributed by atoms with E-state index in [-0.39, 0.29) is 11.9 Å². The number of nitrogens with one attached hydrogen (secondary N) is 1. The summed E-state index contributed by atoms with van der Waals surface area (Å²) in [7, 11) is 0. The smallest absolute Gasteiger partial charge is 0.0931 e. The summed E-state index contributed by atoms with van der Waals surface area (Å²) >= 11 is 1.68. The molecule has 0 saturated carbocycles. The fraction of sp³-hybridized carbons (Fsp3) is 0.500. The molecule has 4 heteroatoms. The van der Waals surface area contributed by atoms with Crippen molar-refractivity contribution in [3.8, 4) is 0 Å². The molecule has 0 aliphatic heterocycles. The molecule has 0 bridgehead atoms. The largest absolute Gasteiger partial charge is 0.388 e. The Morgan fingerprint density at radius 3 is 3.00 bits per heavy atom. The van der Waals surface area contributed by atoms with Gasteiger partial charge in [-0.3, -0.25) is 5.41 Å². The van der Waals surface area contributed by atoms with E-state index >= 15 is 0 Å². The zero-order chi connectivity index (χ0) is 10.4. The second-order valence-electron chi connectivity index (χ2n) is 3.15. The average molecular weight is 212 g/mol. The average Bonchev–Trinajstić information content (AvgIpc) is 2.64. The van der Waals surface area contributed by atoms with Crippen molar-refractivity contribution in [2.24, 2.45) is 5.73 Å². The molecule has 0 fully saturated rings. The quantitative estimate of drug-likeness (QED) is 0.562. The monoisotopic (exact) mass is 212 g/mol. The molecule has 3 N–H and O–H groups in total. The summed E-state index contributed by atoms with van der Waals surface area (Å²) in [6.45, 7) is 2.67. The molecule has 1 heterocycles. The molecule has 3 nitrogen and oxygen atoms in total. The Morgan fingerprint density at radius 1 is 1.71 bits per heavy atom. The van der Waals surface area contributed by atoms with Crippen LogP contribution in [0.15, 0.2) is 17.5 Å². The molecular formula is C10H16N2OS. The van der Waals surface area contributed by atoms with Crippen molar-refractivity contribution in [3.63, 3.8) is 0 Å². The van der Waals surface area contributed by atoms with Crippen molar-refractivity contribution in [1.82, 2.24) is 0 Å². The molecule has 78 valence electrons. The summed E-state index contributed by atoms with van der Waals surface area (Å²) in [4.78, 5) is 1.21. The number of ether oxygens (including phenoxy) is 1. The molecule has 0 radical (unpaired) electrons. The predicted octanol–water partition coefficient (Wildman–Crippen LogP) is 2.37. The zero-order valence-corrected chi connectivity index (χ0v) is 9.14. The lowest BCUT2D eigenvalue weighted by atomic mass is 10.2. The minimum Gasteiger partial charge on any atom is -0.388 e. The van der Waals surface area contributed by atoms with E-state index in [4.69, 9.17) is 15.9 Å². The third-order valence-corrected chi connectivity index (χ3v) is 2.79. The molecule has 14 heavy (non-hydrogen) atoms. The predicted molar refractivity (Wildman–Crippen MR) is 59.7 cm³/mol. The van der Waals surface area contributed by atoms with Gasteiger partial charge in [-0.25, -0.2) is 0 Å². The lowest BCUT2D eigenvalue weighted by Gasteiger charge is -2.14. The Labute approximate surface area is 88.4 Å². The first-order valence-electron chi connectivity index (χ1n) is 4.69. The molecule has 1 atom stereocenters. The summed E-state index contributed by atoms with van der Waals surface area (Å²) in [6, 6.07) is 4.06. The van der Waals surface area contributed by atoms with Gasteiger partial charge in [0.25, 0.3) is 0 Å². The zero-order valence-electron chi connectivity index (χ0n) is 8.32. The normalized spacial score (nSPS) is 12.6. The summed E-state index contributed by atoms with van der Waals surface area (Å²) in [5, 5.41) is 9.21. The van der Waals surface area contributed by atoms with Gasteiger partial charge in [0.05, 0.1) is 18.5 Å². The van der Waals surface area contributed by atoms with Crippen molar-refractivity contribution in [3.05, 3.63) is 22.4 Å². The fourth-order valence-corrected chi connectivity index (χ4v) is 1.79. The number of nitrogens with two attached hydrogens (primary N) is 1. The molecular weight excluding hydrogens is 196 g/mol. The molecule has 0 saturated heterocycles. The van der Waals surface area contributed by atoms with Crippen LogP contribution in [-0.4, -0.2) is 11.9 Å². The highest BCUT2D eigenvalue weighted by Gasteiger charge is 2.08. The second kappa shape index (κ2) is 5.78. The van der Waals surface area contributed by atoms with E-state index in [1.54, 1.807) is 11.3 Å². The SMILES string of the molecule is CCC(CC(=N)N)OCc1cccs1. The molecule has 1 rings (SSSR count). The highest BCUT2D eigenvalue weighted by molar-refractivity contribution is 7.09. The summed E-state index contributed by atoms with van der Waals surface area (Å²) in [5.74, 6) is 0.197. The molecule has 1 unspecified atom stereocenters. The number of rotatable bonds is 6. The van der Waals surface area contributed by atoms with Crippen molar-refractivity contribution in [2.45, 2.75) is 32.5 Å². The van der Waals surface area contributed by atoms with Crippen LogP contribution >= 0.6 is 11.3 Å². The minimum atomic E-state index is 0.0783. The lowest BCUT2D eigenvalue weighted by molar-refractivity contribution is 0.0444. The molecule has 0 aliphatic carbocycles. The second-order valence-corrected chi connectivity index (χ2v) is 4.18. The van der Waals surface area contributed by atoms with E-state index < -0.39 is 0 Å². The maximum Gasteiger partial charge on any atom is 0.0931 e. The van der Waals surface area contributed by atoms with Crippen LogP contribution in [-0.2, 0) is 11.3 Å². The van der Waals surface area contributed by atoms with E-state index in [9.17, 15) is 0 Å². The highest BCUT2D eigenvalue weighted by atomic mass is 32.1. The first-order chi connectivity index (χ1) is 6.72. The standard InChI is InChI=1S/C10H16N2OS/c1-2-8(6-10(11)12)13-7-9-4-3-5-14-9/h3-5,8H,2,6-7H2,1H3,(H3,11,12). The van der Waals surface area contributed by atoms with Gasteiger partial charge >= 0.3 is 0 Å². The Morgan fingerprint density at radius 2 is 2.50 bits per heavy atom. The maximum atomic E-state index is 7.18. The van der Waals surface area contributed by atoms with Gasteiger partial charge in [-0.05, 0) is 17.9 Å². The first kappa shape index (κ1) is 11.2. The third-order valence-electron chi connectivity index (χ3n) is 1.94. The van der Waals surface area contributed by atoms with Crippen LogP contribution < -0.4 is 5.73 Å². The van der Waals surface area contributed by atoms with E-state index in [1.165, 1.54) is 4.88 Å². The Kier molecular flexibility index (Phi) is 4.62. The Balaban J connectivity index is 2.30. The number of thiophene rings is 1.